The zero-order valence-electron chi connectivity index (χ0n) is 12.0. The van der Waals surface area contributed by atoms with Crippen LogP contribution in [0.1, 0.15) is 18.2 Å². The number of rotatable bonds is 7. The van der Waals surface area contributed by atoms with Gasteiger partial charge in [-0.05, 0) is 6.42 Å². The van der Waals surface area contributed by atoms with Gasteiger partial charge in [-0.3, -0.25) is 4.79 Å². The minimum absolute atomic E-state index is 0.0523. The summed E-state index contributed by atoms with van der Waals surface area (Å²) in [4.78, 5) is 33.6. The molecule has 7 N–H and O–H groups in total. The lowest BCUT2D eigenvalue weighted by Gasteiger charge is -2.33. The van der Waals surface area contributed by atoms with Crippen LogP contribution in [0, 0.1) is 0 Å². The highest BCUT2D eigenvalue weighted by Crippen LogP contribution is 2.14. The Hall–Kier alpha value is -2.89. The summed E-state index contributed by atoms with van der Waals surface area (Å²) < 4.78 is 0. The number of carboxylic acid groups (broad SMARTS) is 2. The molecule has 2 heterocycles. The van der Waals surface area contributed by atoms with Gasteiger partial charge < -0.3 is 31.9 Å². The van der Waals surface area contributed by atoms with Crippen LogP contribution in [-0.4, -0.2) is 61.9 Å². The maximum atomic E-state index is 11.0. The molecule has 1 saturated heterocycles. The van der Waals surface area contributed by atoms with Crippen molar-refractivity contribution in [2.24, 2.45) is 5.73 Å². The molecule has 0 bridgehead atoms. The number of nitrogens with zero attached hydrogens (tertiary/aromatic N) is 3. The number of nitrogens with two attached hydrogens (primary N) is 1. The van der Waals surface area contributed by atoms with Crippen molar-refractivity contribution in [1.29, 1.82) is 0 Å². The van der Waals surface area contributed by atoms with Gasteiger partial charge in [-0.2, -0.15) is 15.0 Å². The SMILES string of the molecule is N[C@@H]1C(=O)N[C@H]1Cn1ncc([C@H](CCNC(=O)O)NC(=O)O)n1. The maximum absolute atomic E-state index is 11.0. The fourth-order valence-corrected chi connectivity index (χ4v) is 2.12. The molecule has 0 saturated carbocycles. The molecule has 12 nitrogen and oxygen atoms in total. The maximum Gasteiger partial charge on any atom is 0.405 e. The van der Waals surface area contributed by atoms with Gasteiger partial charge in [-0.15, -0.1) is 0 Å². The normalized spacial score (nSPS) is 21.0. The van der Waals surface area contributed by atoms with Gasteiger partial charge in [-0.1, -0.05) is 0 Å². The van der Waals surface area contributed by atoms with Gasteiger partial charge in [0.1, 0.15) is 11.7 Å². The van der Waals surface area contributed by atoms with Crippen molar-refractivity contribution in [2.75, 3.05) is 6.54 Å². The van der Waals surface area contributed by atoms with E-state index in [1.54, 1.807) is 0 Å². The van der Waals surface area contributed by atoms with Crippen molar-refractivity contribution in [2.45, 2.75) is 31.1 Å². The van der Waals surface area contributed by atoms with E-state index in [0.717, 1.165) is 0 Å². The average molecular weight is 327 g/mol. The van der Waals surface area contributed by atoms with E-state index in [1.165, 1.54) is 11.0 Å². The quantitative estimate of drug-likeness (QED) is 0.312. The van der Waals surface area contributed by atoms with E-state index in [1.807, 2.05) is 0 Å². The molecule has 3 amide bonds. The van der Waals surface area contributed by atoms with Crippen LogP contribution in [0.2, 0.25) is 0 Å². The first-order valence-electron chi connectivity index (χ1n) is 6.79. The van der Waals surface area contributed by atoms with Crippen LogP contribution in [-0.2, 0) is 11.3 Å². The zero-order chi connectivity index (χ0) is 17.0. The summed E-state index contributed by atoms with van der Waals surface area (Å²) in [7, 11) is 0. The highest BCUT2D eigenvalue weighted by atomic mass is 16.4. The predicted octanol–water partition coefficient (Wildman–Crippen LogP) is -1.93. The number of β-lactam (4-membered cyclic amide) rings is 1. The Kier molecular flexibility index (Phi) is 4.95. The number of carbonyl (C=O) groups excluding carboxylic acids is 1. The summed E-state index contributed by atoms with van der Waals surface area (Å²) in [5, 5.41) is 32.5. The van der Waals surface area contributed by atoms with Crippen molar-refractivity contribution in [1.82, 2.24) is 30.9 Å². The average Bonchev–Trinajstić information content (AvgIpc) is 2.93. The van der Waals surface area contributed by atoms with E-state index in [0.29, 0.717) is 5.69 Å². The van der Waals surface area contributed by atoms with Gasteiger partial charge in [0.25, 0.3) is 0 Å². The lowest BCUT2D eigenvalue weighted by molar-refractivity contribution is -0.130. The molecule has 23 heavy (non-hydrogen) atoms. The van der Waals surface area contributed by atoms with Gasteiger partial charge in [0, 0.05) is 6.54 Å². The van der Waals surface area contributed by atoms with Crippen LogP contribution < -0.4 is 21.7 Å². The Balaban J connectivity index is 1.96. The summed E-state index contributed by atoms with van der Waals surface area (Å²) >= 11 is 0. The molecular formula is C11H17N7O5. The smallest absolute Gasteiger partial charge is 0.405 e. The van der Waals surface area contributed by atoms with E-state index in [-0.39, 0.29) is 31.5 Å². The van der Waals surface area contributed by atoms with Crippen molar-refractivity contribution in [3.05, 3.63) is 11.9 Å². The number of hydrogen-bond donors (Lipinski definition) is 6. The molecule has 0 aliphatic carbocycles. The minimum atomic E-state index is -1.26. The molecule has 12 heteroatoms. The molecule has 2 rings (SSSR count). The fraction of sp³-hybridized carbons (Fsp3) is 0.545. The number of carbonyl (C=O) groups is 3. The van der Waals surface area contributed by atoms with Gasteiger partial charge in [0.2, 0.25) is 5.91 Å². The number of nitrogens with one attached hydrogen (secondary N) is 3. The second-order valence-electron chi connectivity index (χ2n) is 4.99. The van der Waals surface area contributed by atoms with E-state index < -0.39 is 24.3 Å². The van der Waals surface area contributed by atoms with Crippen LogP contribution in [0.3, 0.4) is 0 Å². The van der Waals surface area contributed by atoms with E-state index >= 15 is 0 Å². The summed E-state index contributed by atoms with van der Waals surface area (Å²) in [6, 6.07) is -1.60. The molecule has 0 spiro atoms. The lowest BCUT2D eigenvalue weighted by Crippen LogP contribution is -2.68. The van der Waals surface area contributed by atoms with Crippen LogP contribution in [0.25, 0.3) is 0 Å². The van der Waals surface area contributed by atoms with Gasteiger partial charge in [0.15, 0.2) is 0 Å². The largest absolute Gasteiger partial charge is 0.465 e. The Morgan fingerprint density at radius 1 is 1.43 bits per heavy atom. The summed E-state index contributed by atoms with van der Waals surface area (Å²) in [6.07, 6.45) is -0.893. The molecule has 1 aromatic heterocycles. The van der Waals surface area contributed by atoms with Crippen molar-refractivity contribution < 1.29 is 24.6 Å². The highest BCUT2D eigenvalue weighted by molar-refractivity contribution is 5.88. The van der Waals surface area contributed by atoms with Gasteiger partial charge in [-0.25, -0.2) is 9.59 Å². The minimum Gasteiger partial charge on any atom is -0.465 e. The Morgan fingerprint density at radius 3 is 2.74 bits per heavy atom. The third kappa shape index (κ3) is 4.29. The topological polar surface area (TPSA) is 184 Å². The summed E-state index contributed by atoms with van der Waals surface area (Å²) in [5.41, 5.74) is 5.95. The van der Waals surface area contributed by atoms with Crippen LogP contribution in [0.15, 0.2) is 6.20 Å². The summed E-state index contributed by atoms with van der Waals surface area (Å²) in [5.74, 6) is -0.243. The fourth-order valence-electron chi connectivity index (χ4n) is 2.12. The molecule has 126 valence electrons. The predicted molar refractivity (Wildman–Crippen MR) is 74.5 cm³/mol. The Bertz CT molecular complexity index is 603. The van der Waals surface area contributed by atoms with E-state index in [4.69, 9.17) is 15.9 Å². The van der Waals surface area contributed by atoms with Crippen LogP contribution in [0.4, 0.5) is 9.59 Å². The monoisotopic (exact) mass is 327 g/mol. The van der Waals surface area contributed by atoms with Gasteiger partial charge >= 0.3 is 12.2 Å². The number of hydrogen-bond acceptors (Lipinski definition) is 6. The molecule has 1 fully saturated rings. The molecule has 1 aromatic rings. The van der Waals surface area contributed by atoms with Crippen molar-refractivity contribution >= 4 is 18.1 Å². The van der Waals surface area contributed by atoms with E-state index in [9.17, 15) is 14.4 Å². The first-order valence-corrected chi connectivity index (χ1v) is 6.79. The third-order valence-corrected chi connectivity index (χ3v) is 3.34. The van der Waals surface area contributed by atoms with Crippen molar-refractivity contribution in [3.8, 4) is 0 Å². The first kappa shape index (κ1) is 16.5. The van der Waals surface area contributed by atoms with Crippen LogP contribution >= 0.6 is 0 Å². The second kappa shape index (κ2) is 6.91. The molecule has 0 radical (unpaired) electrons. The second-order valence-corrected chi connectivity index (χ2v) is 4.99. The third-order valence-electron chi connectivity index (χ3n) is 3.34. The molecule has 0 unspecified atom stereocenters. The molecule has 0 aromatic carbocycles. The molecule has 1 aliphatic heterocycles. The molecule has 1 aliphatic rings. The molecule has 3 atom stereocenters. The zero-order valence-corrected chi connectivity index (χ0v) is 12.0. The molecular weight excluding hydrogens is 310 g/mol. The van der Waals surface area contributed by atoms with E-state index in [2.05, 4.69) is 26.1 Å². The highest BCUT2D eigenvalue weighted by Gasteiger charge is 2.36. The summed E-state index contributed by atoms with van der Waals surface area (Å²) in [6.45, 7) is 0.316. The first-order chi connectivity index (χ1) is 10.9. The standard InChI is InChI=1S/C11H17N7O5/c12-8-7(15-9(8)19)4-18-14-3-6(17-18)5(16-11(22)23)1-2-13-10(20)21/h3,5,7-8,13,16H,1-2,4,12H2,(H,15,19)(H,20,21)(H,22,23)/t5-,7-,8-/m0/s1. The number of aromatic nitrogens is 3. The number of amides is 3. The van der Waals surface area contributed by atoms with Crippen LogP contribution in [0.5, 0.6) is 0 Å². The Labute approximate surface area is 130 Å². The van der Waals surface area contributed by atoms with Crippen molar-refractivity contribution in [3.63, 3.8) is 0 Å². The Morgan fingerprint density at radius 2 is 2.17 bits per heavy atom. The van der Waals surface area contributed by atoms with Gasteiger partial charge in [0.05, 0.1) is 24.8 Å². The lowest BCUT2D eigenvalue weighted by atomic mass is 10.0.